The smallest absolute Gasteiger partial charge is 0.0957 e. The van der Waals surface area contributed by atoms with Crippen LogP contribution >= 0.6 is 24.0 Å². The van der Waals surface area contributed by atoms with Gasteiger partial charge in [-0.2, -0.15) is 0 Å². The van der Waals surface area contributed by atoms with Crippen LogP contribution in [-0.4, -0.2) is 5.84 Å². The molecule has 0 unspecified atom stereocenters. The predicted octanol–water partition coefficient (Wildman–Crippen LogP) is 3.11. The first-order valence-corrected chi connectivity index (χ1v) is 4.28. The van der Waals surface area contributed by atoms with Crippen molar-refractivity contribution >= 4 is 35.9 Å². The molecule has 1 aromatic carbocycles. The lowest BCUT2D eigenvalue weighted by Gasteiger charge is -1.91. The molecule has 2 N–H and O–H groups in total. The van der Waals surface area contributed by atoms with Crippen LogP contribution in [0.25, 0.3) is 6.08 Å². The molecule has 0 spiro atoms. The van der Waals surface area contributed by atoms with Gasteiger partial charge in [-0.25, -0.2) is 4.99 Å². The van der Waals surface area contributed by atoms with Crippen molar-refractivity contribution in [2.75, 3.05) is 0 Å². The topological polar surface area (TPSA) is 38.4 Å². The van der Waals surface area contributed by atoms with E-state index in [1.807, 2.05) is 30.3 Å². The van der Waals surface area contributed by atoms with E-state index in [4.69, 9.17) is 17.3 Å². The van der Waals surface area contributed by atoms with Crippen LogP contribution < -0.4 is 5.73 Å². The Kier molecular flexibility index (Phi) is 6.00. The Morgan fingerprint density at radius 2 is 1.93 bits per heavy atom. The SMILES string of the molecule is CC(N)=NC=Cc1ccc(Cl)cc1.Cl. The molecule has 14 heavy (non-hydrogen) atoms. The molecule has 1 aromatic rings. The number of nitrogens with zero attached hydrogens (tertiary/aromatic N) is 1. The molecule has 1 rings (SSSR count). The third kappa shape index (κ3) is 4.90. The van der Waals surface area contributed by atoms with Crippen molar-refractivity contribution < 1.29 is 0 Å². The third-order valence-corrected chi connectivity index (χ3v) is 1.67. The van der Waals surface area contributed by atoms with E-state index in [9.17, 15) is 0 Å². The molecule has 0 aromatic heterocycles. The second-order valence-electron chi connectivity index (χ2n) is 2.64. The summed E-state index contributed by atoms with van der Waals surface area (Å²) in [6.07, 6.45) is 3.53. The lowest BCUT2D eigenvalue weighted by atomic mass is 10.2. The van der Waals surface area contributed by atoms with E-state index in [0.717, 1.165) is 10.6 Å². The normalized spacial score (nSPS) is 11.4. The Balaban J connectivity index is 0.00000169. The second-order valence-corrected chi connectivity index (χ2v) is 3.07. The van der Waals surface area contributed by atoms with Crippen LogP contribution in [-0.2, 0) is 0 Å². The van der Waals surface area contributed by atoms with Gasteiger partial charge in [0.25, 0.3) is 0 Å². The molecule has 0 aliphatic heterocycles. The summed E-state index contributed by atoms with van der Waals surface area (Å²) in [6.45, 7) is 1.74. The highest BCUT2D eigenvalue weighted by atomic mass is 35.5. The molecule has 4 heteroatoms. The Morgan fingerprint density at radius 3 is 2.43 bits per heavy atom. The monoisotopic (exact) mass is 230 g/mol. The fourth-order valence-corrected chi connectivity index (χ4v) is 0.941. The summed E-state index contributed by atoms with van der Waals surface area (Å²) in [4.78, 5) is 3.92. The van der Waals surface area contributed by atoms with Crippen molar-refractivity contribution in [2.24, 2.45) is 10.7 Å². The average molecular weight is 231 g/mol. The molecular weight excluding hydrogens is 219 g/mol. The molecule has 2 nitrogen and oxygen atoms in total. The van der Waals surface area contributed by atoms with Gasteiger partial charge in [-0.05, 0) is 30.7 Å². The van der Waals surface area contributed by atoms with E-state index in [2.05, 4.69) is 4.99 Å². The predicted molar refractivity (Wildman–Crippen MR) is 65.0 cm³/mol. The maximum Gasteiger partial charge on any atom is 0.0957 e. The molecule has 0 atom stereocenters. The molecule has 0 saturated carbocycles. The summed E-state index contributed by atoms with van der Waals surface area (Å²) in [6, 6.07) is 7.50. The standard InChI is InChI=1S/C10H11ClN2.ClH/c1-8(12)13-7-6-9-2-4-10(11)5-3-9;/h2-7H,1H3,(H2,12,13);1H. The van der Waals surface area contributed by atoms with E-state index < -0.39 is 0 Å². The van der Waals surface area contributed by atoms with Crippen molar-refractivity contribution in [3.05, 3.63) is 41.1 Å². The van der Waals surface area contributed by atoms with Crippen LogP contribution in [0.2, 0.25) is 5.02 Å². The Morgan fingerprint density at radius 1 is 1.36 bits per heavy atom. The Labute approximate surface area is 94.9 Å². The van der Waals surface area contributed by atoms with Crippen LogP contribution in [0, 0.1) is 0 Å². The maximum absolute atomic E-state index is 5.72. The van der Waals surface area contributed by atoms with Gasteiger partial charge in [0.2, 0.25) is 0 Å². The van der Waals surface area contributed by atoms with Gasteiger partial charge in [0.1, 0.15) is 0 Å². The number of rotatable bonds is 2. The van der Waals surface area contributed by atoms with Crippen molar-refractivity contribution in [1.29, 1.82) is 0 Å². The van der Waals surface area contributed by atoms with Gasteiger partial charge in [-0.3, -0.25) is 0 Å². The van der Waals surface area contributed by atoms with Crippen molar-refractivity contribution in [2.45, 2.75) is 6.92 Å². The van der Waals surface area contributed by atoms with E-state index >= 15 is 0 Å². The number of hydrogen-bond donors (Lipinski definition) is 1. The van der Waals surface area contributed by atoms with E-state index in [1.54, 1.807) is 13.1 Å². The molecule has 0 fully saturated rings. The highest BCUT2D eigenvalue weighted by Crippen LogP contribution is 2.10. The lowest BCUT2D eigenvalue weighted by Crippen LogP contribution is -2.03. The van der Waals surface area contributed by atoms with Gasteiger partial charge >= 0.3 is 0 Å². The van der Waals surface area contributed by atoms with Gasteiger partial charge in [0, 0.05) is 11.2 Å². The zero-order chi connectivity index (χ0) is 9.68. The van der Waals surface area contributed by atoms with Crippen molar-refractivity contribution in [3.63, 3.8) is 0 Å². The maximum atomic E-state index is 5.72. The number of hydrogen-bond acceptors (Lipinski definition) is 1. The Hall–Kier alpha value is -0.990. The summed E-state index contributed by atoms with van der Waals surface area (Å²) in [7, 11) is 0. The summed E-state index contributed by atoms with van der Waals surface area (Å²) in [5.41, 5.74) is 6.41. The molecule has 76 valence electrons. The van der Waals surface area contributed by atoms with Crippen LogP contribution in [0.1, 0.15) is 12.5 Å². The first-order valence-electron chi connectivity index (χ1n) is 3.90. The van der Waals surface area contributed by atoms with Gasteiger partial charge in [-0.15, -0.1) is 12.4 Å². The zero-order valence-corrected chi connectivity index (χ0v) is 9.35. The summed E-state index contributed by atoms with van der Waals surface area (Å²) < 4.78 is 0. The molecule has 0 amide bonds. The molecule has 0 radical (unpaired) electrons. The highest BCUT2D eigenvalue weighted by molar-refractivity contribution is 6.30. The molecule has 0 heterocycles. The minimum absolute atomic E-state index is 0. The average Bonchev–Trinajstić information content (AvgIpc) is 2.08. The van der Waals surface area contributed by atoms with Crippen LogP contribution in [0.3, 0.4) is 0 Å². The fourth-order valence-electron chi connectivity index (χ4n) is 0.815. The zero-order valence-electron chi connectivity index (χ0n) is 7.77. The van der Waals surface area contributed by atoms with E-state index in [-0.39, 0.29) is 12.4 Å². The fraction of sp³-hybridized carbons (Fsp3) is 0.100. The van der Waals surface area contributed by atoms with Crippen molar-refractivity contribution in [3.8, 4) is 0 Å². The quantitative estimate of drug-likeness (QED) is 0.616. The number of halogens is 2. The van der Waals surface area contributed by atoms with Gasteiger partial charge < -0.3 is 5.73 Å². The van der Waals surface area contributed by atoms with Gasteiger partial charge in [0.15, 0.2) is 0 Å². The van der Waals surface area contributed by atoms with Crippen molar-refractivity contribution in [1.82, 2.24) is 0 Å². The molecule has 0 bridgehead atoms. The minimum atomic E-state index is 0. The van der Waals surface area contributed by atoms with Crippen LogP contribution in [0.5, 0.6) is 0 Å². The molecule has 0 aliphatic carbocycles. The largest absolute Gasteiger partial charge is 0.387 e. The van der Waals surface area contributed by atoms with E-state index in [1.165, 1.54) is 0 Å². The first kappa shape index (κ1) is 13.0. The first-order chi connectivity index (χ1) is 6.18. The number of aliphatic imine (C=N–C) groups is 1. The molecule has 0 saturated heterocycles. The number of nitrogens with two attached hydrogens (primary N) is 1. The molecule has 0 aliphatic rings. The van der Waals surface area contributed by atoms with Gasteiger partial charge in [-0.1, -0.05) is 23.7 Å². The lowest BCUT2D eigenvalue weighted by molar-refractivity contribution is 1.48. The molecular formula is C10H12Cl2N2. The Bertz CT molecular complexity index is 324. The second kappa shape index (κ2) is 6.46. The summed E-state index contributed by atoms with van der Waals surface area (Å²) >= 11 is 5.72. The van der Waals surface area contributed by atoms with Crippen LogP contribution in [0.4, 0.5) is 0 Å². The minimum Gasteiger partial charge on any atom is -0.387 e. The van der Waals surface area contributed by atoms with Gasteiger partial charge in [0.05, 0.1) is 5.84 Å². The summed E-state index contributed by atoms with van der Waals surface area (Å²) in [5, 5.41) is 0.732. The summed E-state index contributed by atoms with van der Waals surface area (Å²) in [5.74, 6) is 0.546. The highest BCUT2D eigenvalue weighted by Gasteiger charge is 1.86. The van der Waals surface area contributed by atoms with Crippen LogP contribution in [0.15, 0.2) is 35.5 Å². The third-order valence-electron chi connectivity index (χ3n) is 1.42. The number of benzene rings is 1. The van der Waals surface area contributed by atoms with E-state index in [0.29, 0.717) is 5.84 Å². The number of amidine groups is 1.